The molecule has 0 amide bonds. The molecule has 2 aromatic heterocycles. The Morgan fingerprint density at radius 1 is 0.469 bits per heavy atom. The third kappa shape index (κ3) is 1.99. The molecule has 0 radical (unpaired) electrons. The van der Waals surface area contributed by atoms with Gasteiger partial charge in [-0.25, -0.2) is 0 Å². The number of hydrogen-bond acceptors (Lipinski definition) is 0. The smallest absolute Gasteiger partial charge is 0.0620 e. The highest BCUT2D eigenvalue weighted by Crippen LogP contribution is 2.44. The van der Waals surface area contributed by atoms with Gasteiger partial charge in [0.15, 0.2) is 0 Å². The van der Waals surface area contributed by atoms with Crippen LogP contribution in [0.4, 0.5) is 0 Å². The van der Waals surface area contributed by atoms with E-state index in [1.54, 1.807) is 0 Å². The van der Waals surface area contributed by atoms with Gasteiger partial charge in [0.05, 0.1) is 16.6 Å². The lowest BCUT2D eigenvalue weighted by molar-refractivity contribution is 1.35. The maximum absolute atomic E-state index is 3.82. The fourth-order valence-corrected chi connectivity index (χ4v) is 6.25. The average Bonchev–Trinajstić information content (AvgIpc) is 3.14. The van der Waals surface area contributed by atoms with Crippen molar-refractivity contribution in [1.29, 1.82) is 0 Å². The minimum Gasteiger partial charge on any atom is -0.308 e. The van der Waals surface area contributed by atoms with E-state index in [0.717, 1.165) is 4.47 Å². The van der Waals surface area contributed by atoms with E-state index >= 15 is 0 Å². The molecule has 148 valence electrons. The molecule has 2 heterocycles. The zero-order valence-corrected chi connectivity index (χ0v) is 18.6. The van der Waals surface area contributed by atoms with E-state index in [2.05, 4.69) is 117 Å². The largest absolute Gasteiger partial charge is 0.308 e. The van der Waals surface area contributed by atoms with Crippen LogP contribution in [0.5, 0.6) is 0 Å². The highest BCUT2D eigenvalue weighted by atomic mass is 79.9. The second kappa shape index (κ2) is 5.79. The van der Waals surface area contributed by atoms with Crippen LogP contribution in [0, 0.1) is 0 Å². The van der Waals surface area contributed by atoms with E-state index in [4.69, 9.17) is 0 Å². The predicted octanol–water partition coefficient (Wildman–Crippen LogP) is 9.06. The molecule has 0 spiro atoms. The van der Waals surface area contributed by atoms with Gasteiger partial charge in [-0.2, -0.15) is 0 Å². The number of rotatable bonds is 0. The fourth-order valence-electron chi connectivity index (χ4n) is 5.79. The lowest BCUT2D eigenvalue weighted by Crippen LogP contribution is -1.93. The molecule has 0 aliphatic heterocycles. The summed E-state index contributed by atoms with van der Waals surface area (Å²) in [6, 6.07) is 35.8. The van der Waals surface area contributed by atoms with Crippen LogP contribution in [0.2, 0.25) is 0 Å². The second-order valence-corrected chi connectivity index (χ2v) is 9.66. The molecule has 0 saturated carbocycles. The van der Waals surface area contributed by atoms with Gasteiger partial charge >= 0.3 is 0 Å². The maximum Gasteiger partial charge on any atom is 0.0620 e. The highest BCUT2D eigenvalue weighted by molar-refractivity contribution is 9.10. The van der Waals surface area contributed by atoms with Crippen molar-refractivity contribution < 1.29 is 0 Å². The van der Waals surface area contributed by atoms with Gasteiger partial charge < -0.3 is 4.40 Å². The summed E-state index contributed by atoms with van der Waals surface area (Å²) in [5, 5.41) is 13.0. The Kier molecular flexibility index (Phi) is 3.07. The van der Waals surface area contributed by atoms with Gasteiger partial charge in [0.2, 0.25) is 0 Å². The Balaban J connectivity index is 1.79. The van der Waals surface area contributed by atoms with E-state index in [9.17, 15) is 0 Å². The fraction of sp³-hybridized carbons (Fsp3) is 0. The molecule has 0 aliphatic rings. The molecular formula is C30H16BrN. The van der Waals surface area contributed by atoms with Crippen molar-refractivity contribution in [3.8, 4) is 0 Å². The maximum atomic E-state index is 3.82. The van der Waals surface area contributed by atoms with E-state index in [0.29, 0.717) is 0 Å². The van der Waals surface area contributed by atoms with Crippen molar-refractivity contribution in [1.82, 2.24) is 4.40 Å². The molecule has 8 rings (SSSR count). The number of nitrogens with zero attached hydrogens (tertiary/aromatic N) is 1. The first-order chi connectivity index (χ1) is 15.8. The summed E-state index contributed by atoms with van der Waals surface area (Å²) in [4.78, 5) is 0. The Morgan fingerprint density at radius 2 is 1.12 bits per heavy atom. The molecule has 0 fully saturated rings. The molecule has 0 saturated heterocycles. The van der Waals surface area contributed by atoms with Crippen molar-refractivity contribution in [3.05, 3.63) is 102 Å². The zero-order valence-electron chi connectivity index (χ0n) is 17.1. The molecule has 1 nitrogen and oxygen atoms in total. The number of benzene rings is 6. The van der Waals surface area contributed by atoms with Crippen LogP contribution in [0.1, 0.15) is 0 Å². The number of pyridine rings is 1. The number of hydrogen-bond donors (Lipinski definition) is 0. The molecule has 0 N–H and O–H groups in total. The van der Waals surface area contributed by atoms with E-state index in [1.165, 1.54) is 70.4 Å². The van der Waals surface area contributed by atoms with Crippen LogP contribution < -0.4 is 0 Å². The quantitative estimate of drug-likeness (QED) is 0.154. The number of aromatic nitrogens is 1. The third-order valence-electron chi connectivity index (χ3n) is 7.09. The SMILES string of the molecule is Brc1cc2c3cc4ccccc4c4cccc(c43)n3c4cc5ccccc5cc4c(c1)c23. The molecule has 8 aromatic rings. The second-order valence-electron chi connectivity index (χ2n) is 8.75. The third-order valence-corrected chi connectivity index (χ3v) is 7.54. The zero-order chi connectivity index (χ0) is 21.0. The molecular weight excluding hydrogens is 454 g/mol. The Morgan fingerprint density at radius 3 is 1.97 bits per heavy atom. The van der Waals surface area contributed by atoms with Gasteiger partial charge in [-0.1, -0.05) is 76.6 Å². The molecule has 0 bridgehead atoms. The van der Waals surface area contributed by atoms with Crippen molar-refractivity contribution >= 4 is 86.3 Å². The summed E-state index contributed by atoms with van der Waals surface area (Å²) in [5.74, 6) is 0. The van der Waals surface area contributed by atoms with Crippen LogP contribution in [-0.4, -0.2) is 4.40 Å². The number of halogens is 1. The normalized spacial score (nSPS) is 12.5. The molecule has 32 heavy (non-hydrogen) atoms. The summed E-state index contributed by atoms with van der Waals surface area (Å²) in [5.41, 5.74) is 3.84. The minimum absolute atomic E-state index is 1.12. The Bertz CT molecular complexity index is 2040. The Hall–Kier alpha value is -3.62. The first-order valence-corrected chi connectivity index (χ1v) is 11.7. The monoisotopic (exact) mass is 469 g/mol. The topological polar surface area (TPSA) is 4.41 Å². The average molecular weight is 470 g/mol. The van der Waals surface area contributed by atoms with Crippen molar-refractivity contribution in [3.63, 3.8) is 0 Å². The van der Waals surface area contributed by atoms with Crippen molar-refractivity contribution in [2.24, 2.45) is 0 Å². The molecule has 0 unspecified atom stereocenters. The molecule has 0 atom stereocenters. The van der Waals surface area contributed by atoms with Gasteiger partial charge in [-0.05, 0) is 68.7 Å². The van der Waals surface area contributed by atoms with Crippen LogP contribution in [0.3, 0.4) is 0 Å². The molecule has 0 aliphatic carbocycles. The number of fused-ring (bicyclic) bond motifs is 8. The predicted molar refractivity (Wildman–Crippen MR) is 141 cm³/mol. The lowest BCUT2D eigenvalue weighted by Gasteiger charge is -2.15. The first-order valence-electron chi connectivity index (χ1n) is 10.9. The van der Waals surface area contributed by atoms with Gasteiger partial charge in [-0.3, -0.25) is 0 Å². The Labute approximate surface area is 191 Å². The van der Waals surface area contributed by atoms with Gasteiger partial charge in [0, 0.05) is 26.0 Å². The minimum atomic E-state index is 1.12. The van der Waals surface area contributed by atoms with Crippen LogP contribution in [-0.2, 0) is 0 Å². The van der Waals surface area contributed by atoms with Gasteiger partial charge in [0.1, 0.15) is 0 Å². The molecule has 2 heteroatoms. The first kappa shape index (κ1) is 17.0. The van der Waals surface area contributed by atoms with Crippen LogP contribution >= 0.6 is 15.9 Å². The highest BCUT2D eigenvalue weighted by Gasteiger charge is 2.19. The summed E-state index contributed by atoms with van der Waals surface area (Å²) < 4.78 is 3.61. The van der Waals surface area contributed by atoms with Gasteiger partial charge in [-0.15, -0.1) is 0 Å². The standard InChI is InChI=1S/C30H16BrN/c31-20-15-25-23-12-17-6-1-2-7-18(17)14-28(23)32-27-11-5-10-22-21-9-4-3-8-19(21)13-24(29(22)27)26(16-20)30(25)32/h1-16H. The van der Waals surface area contributed by atoms with Gasteiger partial charge in [0.25, 0.3) is 0 Å². The molecule has 6 aromatic carbocycles. The van der Waals surface area contributed by atoms with E-state index in [-0.39, 0.29) is 0 Å². The summed E-state index contributed by atoms with van der Waals surface area (Å²) in [7, 11) is 0. The van der Waals surface area contributed by atoms with Crippen LogP contribution in [0.15, 0.2) is 102 Å². The van der Waals surface area contributed by atoms with Crippen molar-refractivity contribution in [2.45, 2.75) is 0 Å². The summed E-state index contributed by atoms with van der Waals surface area (Å²) in [6.07, 6.45) is 0. The summed E-state index contributed by atoms with van der Waals surface area (Å²) in [6.45, 7) is 0. The van der Waals surface area contributed by atoms with Crippen LogP contribution in [0.25, 0.3) is 70.4 Å². The van der Waals surface area contributed by atoms with E-state index < -0.39 is 0 Å². The summed E-state index contributed by atoms with van der Waals surface area (Å²) >= 11 is 3.82. The van der Waals surface area contributed by atoms with E-state index in [1.807, 2.05) is 0 Å². The lowest BCUT2D eigenvalue weighted by atomic mass is 9.94. The van der Waals surface area contributed by atoms with Crippen molar-refractivity contribution in [2.75, 3.05) is 0 Å².